The van der Waals surface area contributed by atoms with Crippen molar-refractivity contribution >= 4 is 5.97 Å². The number of benzene rings is 3. The molecule has 1 N–H and O–H groups in total. The summed E-state index contributed by atoms with van der Waals surface area (Å²) in [7, 11) is 0. The van der Waals surface area contributed by atoms with Crippen LogP contribution in [0.25, 0.3) is 0 Å². The predicted molar refractivity (Wildman–Crippen MR) is 102 cm³/mol. The third-order valence-corrected chi connectivity index (χ3v) is 4.75. The van der Waals surface area contributed by atoms with E-state index in [2.05, 4.69) is 6.07 Å². The first-order valence-electron chi connectivity index (χ1n) is 8.99. The summed E-state index contributed by atoms with van der Waals surface area (Å²) in [5, 5.41) is 9.49. The lowest BCUT2D eigenvalue weighted by atomic mass is 9.97. The fraction of sp³-hybridized carbons (Fsp3) is 0.174. The Morgan fingerprint density at radius 3 is 2.41 bits per heavy atom. The van der Waals surface area contributed by atoms with Gasteiger partial charge < -0.3 is 14.6 Å². The van der Waals surface area contributed by atoms with Gasteiger partial charge in [0.05, 0.1) is 0 Å². The summed E-state index contributed by atoms with van der Waals surface area (Å²) in [5.41, 5.74) is 2.91. The molecule has 0 saturated carbocycles. The molecule has 2 unspecified atom stereocenters. The molecular weight excluding hydrogens is 340 g/mol. The molecule has 4 nitrogen and oxygen atoms in total. The van der Waals surface area contributed by atoms with E-state index in [1.165, 1.54) is 5.56 Å². The lowest BCUT2D eigenvalue weighted by Crippen LogP contribution is -2.18. The summed E-state index contributed by atoms with van der Waals surface area (Å²) >= 11 is 0. The molecule has 0 aromatic heterocycles. The molecule has 4 rings (SSSR count). The zero-order chi connectivity index (χ0) is 18.6. The van der Waals surface area contributed by atoms with Gasteiger partial charge in [-0.15, -0.1) is 0 Å². The molecule has 1 aliphatic rings. The van der Waals surface area contributed by atoms with Gasteiger partial charge in [-0.25, -0.2) is 4.79 Å². The molecule has 0 spiro atoms. The van der Waals surface area contributed by atoms with E-state index in [0.29, 0.717) is 11.3 Å². The normalized spacial score (nSPS) is 16.7. The maximum Gasteiger partial charge on any atom is 0.349 e. The fourth-order valence-corrected chi connectivity index (χ4v) is 3.34. The number of carbonyl (C=O) groups is 1. The third kappa shape index (κ3) is 3.80. The lowest BCUT2D eigenvalue weighted by molar-refractivity contribution is -0.145. The third-order valence-electron chi connectivity index (χ3n) is 4.75. The predicted octanol–water partition coefficient (Wildman–Crippen LogP) is 4.96. The van der Waals surface area contributed by atoms with Crippen molar-refractivity contribution in [3.63, 3.8) is 0 Å². The van der Waals surface area contributed by atoms with Crippen molar-refractivity contribution in [2.45, 2.75) is 25.0 Å². The number of aliphatic carboxylic acids is 1. The molecule has 1 heterocycles. The standard InChI is InChI=1S/C23H20O4/c24-23(25)22(18-7-2-1-3-8-18)26-19-13-10-17(11-14-19)21-15-12-16-6-4-5-9-20(16)27-21/h1-11,13-14,21-22H,12,15H2,(H,24,25). The van der Waals surface area contributed by atoms with Gasteiger partial charge in [-0.2, -0.15) is 0 Å². The van der Waals surface area contributed by atoms with Crippen LogP contribution in [0.4, 0.5) is 0 Å². The van der Waals surface area contributed by atoms with Gasteiger partial charge in [-0.05, 0) is 42.2 Å². The molecule has 0 amide bonds. The molecule has 4 heteroatoms. The van der Waals surface area contributed by atoms with E-state index in [9.17, 15) is 9.90 Å². The Morgan fingerprint density at radius 2 is 1.67 bits per heavy atom. The van der Waals surface area contributed by atoms with Gasteiger partial charge >= 0.3 is 5.97 Å². The van der Waals surface area contributed by atoms with Crippen LogP contribution in [-0.4, -0.2) is 11.1 Å². The minimum Gasteiger partial charge on any atom is -0.485 e. The number of ether oxygens (including phenoxy) is 2. The highest BCUT2D eigenvalue weighted by molar-refractivity contribution is 5.74. The number of fused-ring (bicyclic) bond motifs is 1. The molecule has 0 saturated heterocycles. The zero-order valence-electron chi connectivity index (χ0n) is 14.7. The van der Waals surface area contributed by atoms with Crippen molar-refractivity contribution < 1.29 is 19.4 Å². The second-order valence-electron chi connectivity index (χ2n) is 6.57. The first-order valence-corrected chi connectivity index (χ1v) is 8.99. The molecule has 0 aliphatic carbocycles. The first-order chi connectivity index (χ1) is 13.2. The maximum absolute atomic E-state index is 11.6. The number of carboxylic acids is 1. The van der Waals surface area contributed by atoms with E-state index in [1.54, 1.807) is 36.4 Å². The summed E-state index contributed by atoms with van der Waals surface area (Å²) in [4.78, 5) is 11.6. The Hall–Kier alpha value is -3.27. The van der Waals surface area contributed by atoms with Crippen molar-refractivity contribution in [2.75, 3.05) is 0 Å². The van der Waals surface area contributed by atoms with Gasteiger partial charge in [0.15, 0.2) is 0 Å². The van der Waals surface area contributed by atoms with Crippen LogP contribution in [0.5, 0.6) is 11.5 Å². The summed E-state index contributed by atoms with van der Waals surface area (Å²) < 4.78 is 11.8. The molecule has 3 aromatic rings. The van der Waals surface area contributed by atoms with Gasteiger partial charge in [0.1, 0.15) is 17.6 Å². The number of hydrogen-bond acceptors (Lipinski definition) is 3. The van der Waals surface area contributed by atoms with Gasteiger partial charge in [-0.3, -0.25) is 0 Å². The first kappa shape index (κ1) is 17.2. The molecular formula is C23H20O4. The zero-order valence-corrected chi connectivity index (χ0v) is 14.7. The minimum absolute atomic E-state index is 0.00153. The lowest BCUT2D eigenvalue weighted by Gasteiger charge is -2.26. The average molecular weight is 360 g/mol. The summed E-state index contributed by atoms with van der Waals surface area (Å²) in [6, 6.07) is 24.5. The fourth-order valence-electron chi connectivity index (χ4n) is 3.34. The highest BCUT2D eigenvalue weighted by atomic mass is 16.5. The monoisotopic (exact) mass is 360 g/mol. The van der Waals surface area contributed by atoms with E-state index in [-0.39, 0.29) is 6.10 Å². The van der Waals surface area contributed by atoms with Gasteiger partial charge in [-0.1, -0.05) is 60.7 Å². The summed E-state index contributed by atoms with van der Waals surface area (Å²) in [5.74, 6) is 0.438. The maximum atomic E-state index is 11.6. The summed E-state index contributed by atoms with van der Waals surface area (Å²) in [6.45, 7) is 0. The van der Waals surface area contributed by atoms with Crippen LogP contribution in [0.3, 0.4) is 0 Å². The van der Waals surface area contributed by atoms with Gasteiger partial charge in [0, 0.05) is 5.56 Å². The van der Waals surface area contributed by atoms with Gasteiger partial charge in [0.2, 0.25) is 6.10 Å². The van der Waals surface area contributed by atoms with Crippen molar-refractivity contribution in [3.05, 3.63) is 95.6 Å². The van der Waals surface area contributed by atoms with Crippen molar-refractivity contribution in [1.82, 2.24) is 0 Å². The van der Waals surface area contributed by atoms with E-state index >= 15 is 0 Å². The number of rotatable bonds is 5. The van der Waals surface area contributed by atoms with E-state index in [4.69, 9.17) is 9.47 Å². The summed E-state index contributed by atoms with van der Waals surface area (Å²) in [6.07, 6.45) is 0.862. The van der Waals surface area contributed by atoms with Crippen molar-refractivity contribution in [2.24, 2.45) is 0 Å². The highest BCUT2D eigenvalue weighted by Gasteiger charge is 2.23. The smallest absolute Gasteiger partial charge is 0.349 e. The van der Waals surface area contributed by atoms with Crippen LogP contribution in [0.1, 0.15) is 35.3 Å². The topological polar surface area (TPSA) is 55.8 Å². The molecule has 136 valence electrons. The van der Waals surface area contributed by atoms with Gasteiger partial charge in [0.25, 0.3) is 0 Å². The molecule has 2 atom stereocenters. The van der Waals surface area contributed by atoms with Crippen molar-refractivity contribution in [1.29, 1.82) is 0 Å². The Balaban J connectivity index is 1.48. The van der Waals surface area contributed by atoms with Crippen LogP contribution >= 0.6 is 0 Å². The van der Waals surface area contributed by atoms with Crippen molar-refractivity contribution in [3.8, 4) is 11.5 Å². The second-order valence-corrected chi connectivity index (χ2v) is 6.57. The second kappa shape index (κ2) is 7.54. The van der Waals surface area contributed by atoms with Crippen LogP contribution < -0.4 is 9.47 Å². The number of para-hydroxylation sites is 1. The molecule has 27 heavy (non-hydrogen) atoms. The van der Waals surface area contributed by atoms with Crippen LogP contribution in [0.15, 0.2) is 78.9 Å². The largest absolute Gasteiger partial charge is 0.485 e. The Labute approximate surface area is 158 Å². The minimum atomic E-state index is -1.03. The average Bonchev–Trinajstić information content (AvgIpc) is 2.72. The Kier molecular flexibility index (Phi) is 4.79. The van der Waals surface area contributed by atoms with Crippen LogP contribution in [0.2, 0.25) is 0 Å². The molecule has 3 aromatic carbocycles. The number of hydrogen-bond donors (Lipinski definition) is 1. The number of carboxylic acid groups (broad SMARTS) is 1. The Morgan fingerprint density at radius 1 is 0.963 bits per heavy atom. The molecule has 1 aliphatic heterocycles. The van der Waals surface area contributed by atoms with E-state index in [0.717, 1.165) is 24.2 Å². The van der Waals surface area contributed by atoms with E-state index < -0.39 is 12.1 Å². The molecule has 0 radical (unpaired) electrons. The van der Waals surface area contributed by atoms with Crippen LogP contribution in [-0.2, 0) is 11.2 Å². The quantitative estimate of drug-likeness (QED) is 0.699. The SMILES string of the molecule is O=C(O)C(Oc1ccc(C2CCc3ccccc3O2)cc1)c1ccccc1. The highest BCUT2D eigenvalue weighted by Crippen LogP contribution is 2.35. The number of aryl methyl sites for hydroxylation is 1. The van der Waals surface area contributed by atoms with E-state index in [1.807, 2.05) is 36.4 Å². The molecule has 0 bridgehead atoms. The van der Waals surface area contributed by atoms with Crippen LogP contribution in [0, 0.1) is 0 Å². The molecule has 0 fully saturated rings. The Bertz CT molecular complexity index is 919.